The molecule has 6 heteroatoms. The summed E-state index contributed by atoms with van der Waals surface area (Å²) in [7, 11) is 0. The molecule has 2 aliphatic rings. The molecule has 4 aromatic rings. The topological polar surface area (TPSA) is 64.0 Å². The van der Waals surface area contributed by atoms with E-state index in [-0.39, 0.29) is 11.5 Å². The van der Waals surface area contributed by atoms with Crippen LogP contribution in [0.1, 0.15) is 41.5 Å². The fraction of sp³-hybridized carbons (Fsp3) is 0.222. The van der Waals surface area contributed by atoms with Crippen molar-refractivity contribution in [2.75, 3.05) is 11.1 Å². The van der Waals surface area contributed by atoms with Gasteiger partial charge in [-0.2, -0.15) is 0 Å². The predicted octanol–water partition coefficient (Wildman–Crippen LogP) is 5.15. The van der Waals surface area contributed by atoms with Gasteiger partial charge in [0.25, 0.3) is 5.56 Å². The minimum Gasteiger partial charge on any atom is -0.309 e. The predicted molar refractivity (Wildman–Crippen MR) is 132 cm³/mol. The minimum absolute atomic E-state index is 0.101. The number of hydrogen-bond acceptors (Lipinski definition) is 4. The Labute approximate surface area is 195 Å². The molecule has 2 aromatic heterocycles. The van der Waals surface area contributed by atoms with Crippen molar-refractivity contribution in [3.05, 3.63) is 100.0 Å². The molecule has 1 aliphatic carbocycles. The molecule has 1 fully saturated rings. The van der Waals surface area contributed by atoms with Gasteiger partial charge in [-0.05, 0) is 64.8 Å². The summed E-state index contributed by atoms with van der Waals surface area (Å²) in [6, 6.07) is 21.4. The first-order valence-corrected chi connectivity index (χ1v) is 12.3. The summed E-state index contributed by atoms with van der Waals surface area (Å²) >= 11 is 1.63. The number of fused-ring (bicyclic) bond motifs is 2. The lowest BCUT2D eigenvalue weighted by Gasteiger charge is -2.18. The molecule has 0 saturated heterocycles. The number of thioether (sulfide) groups is 1. The Morgan fingerprint density at radius 2 is 1.85 bits per heavy atom. The summed E-state index contributed by atoms with van der Waals surface area (Å²) in [6.07, 6.45) is 4.64. The number of carbonyl (C=O) groups excluding carboxylic acids is 1. The Balaban J connectivity index is 1.39. The van der Waals surface area contributed by atoms with Gasteiger partial charge in [-0.25, -0.2) is 4.98 Å². The molecule has 0 spiro atoms. The highest BCUT2D eigenvalue weighted by Crippen LogP contribution is 2.48. The third kappa shape index (κ3) is 3.74. The van der Waals surface area contributed by atoms with Crippen LogP contribution < -0.4 is 10.9 Å². The first-order valence-electron chi connectivity index (χ1n) is 11.3. The van der Waals surface area contributed by atoms with Crippen LogP contribution in [0.5, 0.6) is 0 Å². The lowest BCUT2D eigenvalue weighted by molar-refractivity contribution is -0.118. The average Bonchev–Trinajstić information content (AvgIpc) is 3.57. The van der Waals surface area contributed by atoms with Gasteiger partial charge in [0.15, 0.2) is 0 Å². The van der Waals surface area contributed by atoms with Gasteiger partial charge in [-0.3, -0.25) is 14.2 Å². The number of nitrogens with zero attached hydrogens (tertiary/aromatic N) is 2. The van der Waals surface area contributed by atoms with Crippen molar-refractivity contribution in [1.29, 1.82) is 0 Å². The van der Waals surface area contributed by atoms with Crippen molar-refractivity contribution in [1.82, 2.24) is 9.55 Å². The number of rotatable bonds is 5. The third-order valence-electron chi connectivity index (χ3n) is 6.49. The minimum atomic E-state index is -0.524. The van der Waals surface area contributed by atoms with E-state index in [0.29, 0.717) is 17.5 Å². The normalized spacial score (nSPS) is 17.2. The maximum Gasteiger partial charge on any atom is 0.252 e. The first-order chi connectivity index (χ1) is 16.2. The monoisotopic (exact) mass is 453 g/mol. The highest BCUT2D eigenvalue weighted by molar-refractivity contribution is 7.99. The van der Waals surface area contributed by atoms with Crippen LogP contribution in [0, 0.1) is 0 Å². The van der Waals surface area contributed by atoms with Crippen LogP contribution in [0.15, 0.2) is 82.7 Å². The van der Waals surface area contributed by atoms with Crippen LogP contribution in [0.4, 0.5) is 5.82 Å². The van der Waals surface area contributed by atoms with E-state index in [9.17, 15) is 9.59 Å². The summed E-state index contributed by atoms with van der Waals surface area (Å²) in [4.78, 5) is 30.5. The van der Waals surface area contributed by atoms with E-state index >= 15 is 0 Å². The Morgan fingerprint density at radius 3 is 2.67 bits per heavy atom. The van der Waals surface area contributed by atoms with Crippen molar-refractivity contribution >= 4 is 34.3 Å². The van der Waals surface area contributed by atoms with Gasteiger partial charge >= 0.3 is 0 Å². The number of carbonyl (C=O) groups is 1. The van der Waals surface area contributed by atoms with Crippen molar-refractivity contribution in [2.45, 2.75) is 36.2 Å². The Morgan fingerprint density at radius 1 is 1.03 bits per heavy atom. The number of amides is 1. The molecule has 5 nitrogen and oxygen atoms in total. The van der Waals surface area contributed by atoms with E-state index in [1.54, 1.807) is 40.7 Å². The Bertz CT molecular complexity index is 1420. The maximum absolute atomic E-state index is 13.3. The summed E-state index contributed by atoms with van der Waals surface area (Å²) in [5, 5.41) is 6.28. The van der Waals surface area contributed by atoms with Gasteiger partial charge in [-0.1, -0.05) is 48.5 Å². The molecule has 0 bridgehead atoms. The SMILES string of the molecule is O=C(Nc1ccccn1)[C@@H]1CSc2c(C3CC3)c(Cc3cccc4ccccc34)cc(=O)n21. The number of hydrogen-bond donors (Lipinski definition) is 1. The van der Waals surface area contributed by atoms with Crippen LogP contribution >= 0.6 is 11.8 Å². The third-order valence-corrected chi connectivity index (χ3v) is 7.66. The molecule has 1 saturated carbocycles. The fourth-order valence-electron chi connectivity index (χ4n) is 4.78. The molecule has 6 rings (SSSR count). The van der Waals surface area contributed by atoms with Crippen molar-refractivity contribution in [3.8, 4) is 0 Å². The zero-order valence-electron chi connectivity index (χ0n) is 18.0. The maximum atomic E-state index is 13.3. The zero-order valence-corrected chi connectivity index (χ0v) is 18.8. The van der Waals surface area contributed by atoms with E-state index in [2.05, 4.69) is 52.8 Å². The number of nitrogens with one attached hydrogen (secondary N) is 1. The molecule has 0 unspecified atom stereocenters. The Kier molecular flexibility index (Phi) is 5.03. The van der Waals surface area contributed by atoms with E-state index < -0.39 is 6.04 Å². The van der Waals surface area contributed by atoms with Gasteiger partial charge in [0.05, 0.1) is 5.03 Å². The van der Waals surface area contributed by atoms with Gasteiger partial charge in [-0.15, -0.1) is 11.8 Å². The van der Waals surface area contributed by atoms with Crippen molar-refractivity contribution in [2.24, 2.45) is 0 Å². The molecule has 1 amide bonds. The van der Waals surface area contributed by atoms with Gasteiger partial charge in [0.2, 0.25) is 5.91 Å². The summed E-state index contributed by atoms with van der Waals surface area (Å²) < 4.78 is 1.71. The highest BCUT2D eigenvalue weighted by Gasteiger charge is 2.37. The van der Waals surface area contributed by atoms with E-state index in [0.717, 1.165) is 29.9 Å². The van der Waals surface area contributed by atoms with Crippen LogP contribution in [0.3, 0.4) is 0 Å². The summed E-state index contributed by atoms with van der Waals surface area (Å²) in [5.41, 5.74) is 3.49. The van der Waals surface area contributed by atoms with Gasteiger partial charge < -0.3 is 5.32 Å². The van der Waals surface area contributed by atoms with Crippen LogP contribution in [0.2, 0.25) is 0 Å². The second-order valence-electron chi connectivity index (χ2n) is 8.72. The lowest BCUT2D eigenvalue weighted by Crippen LogP contribution is -2.33. The Hall–Kier alpha value is -3.38. The highest BCUT2D eigenvalue weighted by atomic mass is 32.2. The molecule has 1 aliphatic heterocycles. The number of anilines is 1. The molecule has 3 heterocycles. The molecule has 1 atom stereocenters. The van der Waals surface area contributed by atoms with Gasteiger partial charge in [0.1, 0.15) is 11.9 Å². The summed E-state index contributed by atoms with van der Waals surface area (Å²) in [5.74, 6) is 1.35. The molecule has 164 valence electrons. The second kappa shape index (κ2) is 8.19. The van der Waals surface area contributed by atoms with E-state index in [1.165, 1.54) is 21.9 Å². The van der Waals surface area contributed by atoms with Crippen molar-refractivity contribution < 1.29 is 4.79 Å². The number of benzene rings is 2. The molecule has 2 aromatic carbocycles. The molecule has 1 N–H and O–H groups in total. The number of aromatic nitrogens is 2. The van der Waals surface area contributed by atoms with Gasteiger partial charge in [0, 0.05) is 18.0 Å². The molecular weight excluding hydrogens is 430 g/mol. The van der Waals surface area contributed by atoms with E-state index in [4.69, 9.17) is 0 Å². The van der Waals surface area contributed by atoms with Crippen LogP contribution in [-0.4, -0.2) is 21.2 Å². The quantitative estimate of drug-likeness (QED) is 0.454. The second-order valence-corrected chi connectivity index (χ2v) is 9.73. The van der Waals surface area contributed by atoms with Crippen LogP contribution in [-0.2, 0) is 11.2 Å². The first kappa shape index (κ1) is 20.2. The molecule has 33 heavy (non-hydrogen) atoms. The average molecular weight is 454 g/mol. The molecular formula is C27H23N3O2S. The number of pyridine rings is 2. The van der Waals surface area contributed by atoms with Crippen LogP contribution in [0.25, 0.3) is 10.8 Å². The lowest BCUT2D eigenvalue weighted by atomic mass is 9.95. The smallest absolute Gasteiger partial charge is 0.252 e. The standard InChI is InChI=1S/C27H23N3O2S/c31-24-15-20(14-19-8-5-7-17-6-1-2-9-21(17)19)25(18-11-12-18)27-30(24)22(16-33-27)26(32)29-23-10-3-4-13-28-23/h1-10,13,15,18,22H,11-12,14,16H2,(H,28,29,32)/t22-/m0/s1. The van der Waals surface area contributed by atoms with Crippen molar-refractivity contribution in [3.63, 3.8) is 0 Å². The molecule has 0 radical (unpaired) electrons. The largest absolute Gasteiger partial charge is 0.309 e. The van der Waals surface area contributed by atoms with E-state index in [1.807, 2.05) is 6.07 Å². The zero-order chi connectivity index (χ0) is 22.4. The fourth-order valence-corrected chi connectivity index (χ4v) is 6.21. The summed E-state index contributed by atoms with van der Waals surface area (Å²) in [6.45, 7) is 0.